The number of nitro benzene ring substituents is 1. The minimum atomic E-state index is -0.608. The summed E-state index contributed by atoms with van der Waals surface area (Å²) in [5.74, 6) is -1.01. The molecule has 0 saturated carbocycles. The predicted molar refractivity (Wildman–Crippen MR) is 83.8 cm³/mol. The zero-order chi connectivity index (χ0) is 17.1. The molecule has 0 spiro atoms. The van der Waals surface area contributed by atoms with E-state index in [0.29, 0.717) is 18.8 Å². The number of hydrogen-bond donors (Lipinski definition) is 0. The smallest absolute Gasteiger partial charge is 0.313 e. The fourth-order valence-corrected chi connectivity index (χ4v) is 1.61. The number of non-ortho nitro benzene ring substituents is 1. The van der Waals surface area contributed by atoms with Crippen molar-refractivity contribution in [1.82, 2.24) is 0 Å². The van der Waals surface area contributed by atoms with Gasteiger partial charge in [0.25, 0.3) is 5.69 Å². The average molecular weight is 321 g/mol. The number of nitrogens with zero attached hydrogens (tertiary/aromatic N) is 1. The van der Waals surface area contributed by atoms with Crippen molar-refractivity contribution in [2.45, 2.75) is 19.8 Å². The van der Waals surface area contributed by atoms with E-state index in [4.69, 9.17) is 9.47 Å². The van der Waals surface area contributed by atoms with Crippen LogP contribution in [0.15, 0.2) is 30.3 Å². The molecule has 23 heavy (non-hydrogen) atoms. The molecule has 0 atom stereocenters. The van der Waals surface area contributed by atoms with Crippen molar-refractivity contribution in [1.29, 1.82) is 0 Å². The third-order valence-electron chi connectivity index (χ3n) is 2.72. The maximum Gasteiger partial charge on any atom is 0.313 e. The van der Waals surface area contributed by atoms with Crippen molar-refractivity contribution in [2.24, 2.45) is 0 Å². The highest BCUT2D eigenvalue weighted by Crippen LogP contribution is 2.12. The highest BCUT2D eigenvalue weighted by molar-refractivity contribution is 6.03. The monoisotopic (exact) mass is 321 g/mol. The van der Waals surface area contributed by atoms with Crippen molar-refractivity contribution in [3.63, 3.8) is 0 Å². The molecule has 0 aliphatic carbocycles. The normalized spacial score (nSPS) is 10.7. The molecule has 0 fully saturated rings. The Labute approximate surface area is 134 Å². The van der Waals surface area contributed by atoms with E-state index in [1.54, 1.807) is 0 Å². The summed E-state index contributed by atoms with van der Waals surface area (Å²) < 4.78 is 10.0. The largest absolute Gasteiger partial charge is 0.463 e. The molecule has 0 saturated heterocycles. The van der Waals surface area contributed by atoms with Crippen LogP contribution in [-0.2, 0) is 19.1 Å². The van der Waals surface area contributed by atoms with Crippen molar-refractivity contribution in [3.05, 3.63) is 46.0 Å². The van der Waals surface area contributed by atoms with Gasteiger partial charge in [0.1, 0.15) is 13.0 Å². The number of carbonyl (C=O) groups excluding carboxylic acids is 2. The molecule has 7 heteroatoms. The number of allylic oxidation sites excluding steroid dienone is 1. The molecule has 1 aromatic carbocycles. The zero-order valence-corrected chi connectivity index (χ0v) is 12.9. The lowest BCUT2D eigenvalue weighted by atomic mass is 10.1. The molecule has 0 heterocycles. The Morgan fingerprint density at radius 3 is 2.48 bits per heavy atom. The Morgan fingerprint density at radius 2 is 1.87 bits per heavy atom. The SMILES string of the molecule is CCCOCCOC(=O)CC(=O)C=Cc1ccc([N+](=O)[O-])cc1. The first-order valence-electron chi connectivity index (χ1n) is 7.21. The minimum absolute atomic E-state index is 0.0256. The summed E-state index contributed by atoms with van der Waals surface area (Å²) >= 11 is 0. The fraction of sp³-hybridized carbons (Fsp3) is 0.375. The van der Waals surface area contributed by atoms with Crippen LogP contribution in [0, 0.1) is 10.1 Å². The van der Waals surface area contributed by atoms with Gasteiger partial charge in [0.05, 0.1) is 11.5 Å². The Kier molecular flexibility index (Phi) is 8.23. The summed E-state index contributed by atoms with van der Waals surface area (Å²) in [7, 11) is 0. The molecule has 7 nitrogen and oxygen atoms in total. The molecular formula is C16H19NO6. The van der Waals surface area contributed by atoms with Gasteiger partial charge in [0, 0.05) is 18.7 Å². The van der Waals surface area contributed by atoms with Gasteiger partial charge in [0.2, 0.25) is 0 Å². The predicted octanol–water partition coefficient (Wildman–Crippen LogP) is 2.54. The zero-order valence-electron chi connectivity index (χ0n) is 12.9. The van der Waals surface area contributed by atoms with Crippen LogP contribution in [-0.4, -0.2) is 36.5 Å². The quantitative estimate of drug-likeness (QED) is 0.164. The van der Waals surface area contributed by atoms with E-state index in [1.165, 1.54) is 36.4 Å². The number of nitro groups is 1. The van der Waals surface area contributed by atoms with Crippen LogP contribution >= 0.6 is 0 Å². The Hall–Kier alpha value is -2.54. The van der Waals surface area contributed by atoms with Gasteiger partial charge in [-0.1, -0.05) is 13.0 Å². The van der Waals surface area contributed by atoms with Gasteiger partial charge < -0.3 is 9.47 Å². The standard InChI is InChI=1S/C16H19NO6/c1-2-9-22-10-11-23-16(19)12-15(18)8-5-13-3-6-14(7-4-13)17(20)21/h3-8H,2,9-12H2,1H3. The summed E-state index contributed by atoms with van der Waals surface area (Å²) in [5, 5.41) is 10.5. The van der Waals surface area contributed by atoms with Gasteiger partial charge >= 0.3 is 5.97 Å². The lowest BCUT2D eigenvalue weighted by molar-refractivity contribution is -0.384. The lowest BCUT2D eigenvalue weighted by Crippen LogP contribution is -2.13. The molecule has 124 valence electrons. The summed E-state index contributed by atoms with van der Waals surface area (Å²) in [5.41, 5.74) is 0.604. The van der Waals surface area contributed by atoms with Crippen LogP contribution in [0.25, 0.3) is 6.08 Å². The van der Waals surface area contributed by atoms with Crippen molar-refractivity contribution < 1.29 is 24.0 Å². The average Bonchev–Trinajstić information content (AvgIpc) is 2.53. The fourth-order valence-electron chi connectivity index (χ4n) is 1.61. The van der Waals surface area contributed by atoms with E-state index < -0.39 is 16.7 Å². The number of hydrogen-bond acceptors (Lipinski definition) is 6. The van der Waals surface area contributed by atoms with Crippen LogP contribution in [0.1, 0.15) is 25.3 Å². The second-order valence-corrected chi connectivity index (χ2v) is 4.66. The van der Waals surface area contributed by atoms with E-state index in [2.05, 4.69) is 0 Å². The van der Waals surface area contributed by atoms with E-state index in [9.17, 15) is 19.7 Å². The first-order valence-corrected chi connectivity index (χ1v) is 7.21. The van der Waals surface area contributed by atoms with Gasteiger partial charge in [-0.05, 0) is 30.2 Å². The van der Waals surface area contributed by atoms with Gasteiger partial charge in [0.15, 0.2) is 5.78 Å². The summed E-state index contributed by atoms with van der Waals surface area (Å²) in [4.78, 5) is 33.0. The Morgan fingerprint density at radius 1 is 1.17 bits per heavy atom. The van der Waals surface area contributed by atoms with Gasteiger partial charge in [-0.3, -0.25) is 19.7 Å². The summed E-state index contributed by atoms with van der Waals surface area (Å²) in [6.07, 6.45) is 3.27. The van der Waals surface area contributed by atoms with E-state index in [0.717, 1.165) is 6.42 Å². The summed E-state index contributed by atoms with van der Waals surface area (Å²) in [6, 6.07) is 5.72. The van der Waals surface area contributed by atoms with Crippen LogP contribution in [0.2, 0.25) is 0 Å². The minimum Gasteiger partial charge on any atom is -0.463 e. The molecule has 0 aliphatic rings. The van der Waals surface area contributed by atoms with Crippen molar-refractivity contribution in [2.75, 3.05) is 19.8 Å². The molecule has 1 aromatic rings. The molecule has 0 unspecified atom stereocenters. The molecule has 1 rings (SSSR count). The Bertz CT molecular complexity index is 564. The number of carbonyl (C=O) groups is 2. The van der Waals surface area contributed by atoms with Crippen LogP contribution in [0.4, 0.5) is 5.69 Å². The number of benzene rings is 1. The number of rotatable bonds is 10. The summed E-state index contributed by atoms with van der Waals surface area (Å²) in [6.45, 7) is 3.01. The molecule has 0 aromatic heterocycles. The maximum absolute atomic E-state index is 11.6. The lowest BCUT2D eigenvalue weighted by Gasteiger charge is -2.04. The second-order valence-electron chi connectivity index (χ2n) is 4.66. The van der Waals surface area contributed by atoms with Crippen LogP contribution < -0.4 is 0 Å². The maximum atomic E-state index is 11.6. The molecule has 0 radical (unpaired) electrons. The molecule has 0 bridgehead atoms. The third kappa shape index (κ3) is 7.87. The highest BCUT2D eigenvalue weighted by atomic mass is 16.6. The third-order valence-corrected chi connectivity index (χ3v) is 2.72. The van der Waals surface area contributed by atoms with E-state index >= 15 is 0 Å². The second kappa shape index (κ2) is 10.2. The number of esters is 1. The van der Waals surface area contributed by atoms with Crippen LogP contribution in [0.5, 0.6) is 0 Å². The van der Waals surface area contributed by atoms with E-state index in [-0.39, 0.29) is 18.7 Å². The highest BCUT2D eigenvalue weighted by Gasteiger charge is 2.08. The van der Waals surface area contributed by atoms with E-state index in [1.807, 2.05) is 6.92 Å². The van der Waals surface area contributed by atoms with Gasteiger partial charge in [-0.15, -0.1) is 0 Å². The first kappa shape index (κ1) is 18.5. The van der Waals surface area contributed by atoms with Gasteiger partial charge in [-0.25, -0.2) is 0 Å². The topological polar surface area (TPSA) is 95.7 Å². The van der Waals surface area contributed by atoms with Crippen molar-refractivity contribution in [3.8, 4) is 0 Å². The first-order chi connectivity index (χ1) is 11.0. The Balaban J connectivity index is 2.34. The number of ketones is 1. The number of ether oxygens (including phenoxy) is 2. The molecule has 0 N–H and O–H groups in total. The van der Waals surface area contributed by atoms with Crippen molar-refractivity contribution >= 4 is 23.5 Å². The molecule has 0 aliphatic heterocycles. The van der Waals surface area contributed by atoms with Crippen LogP contribution in [0.3, 0.4) is 0 Å². The molecular weight excluding hydrogens is 302 g/mol. The molecule has 0 amide bonds. The van der Waals surface area contributed by atoms with Gasteiger partial charge in [-0.2, -0.15) is 0 Å².